The van der Waals surface area contributed by atoms with Crippen LogP contribution in [-0.2, 0) is 16.6 Å². The van der Waals surface area contributed by atoms with Gasteiger partial charge in [0.15, 0.2) is 0 Å². The molecule has 0 saturated carbocycles. The minimum atomic E-state index is -3.44. The highest BCUT2D eigenvalue weighted by Gasteiger charge is 2.24. The van der Waals surface area contributed by atoms with E-state index in [2.05, 4.69) is 20.9 Å². The first kappa shape index (κ1) is 15.1. The lowest BCUT2D eigenvalue weighted by molar-refractivity contribution is 0.464. The molecule has 0 radical (unpaired) electrons. The molecule has 0 saturated heterocycles. The Balaban J connectivity index is 2.24. The number of hydrogen-bond acceptors (Lipinski definition) is 5. The molecule has 0 spiro atoms. The van der Waals surface area contributed by atoms with Crippen molar-refractivity contribution in [2.75, 3.05) is 7.05 Å². The molecule has 0 aliphatic carbocycles. The molecule has 2 rings (SSSR count). The topological polar surface area (TPSA) is 50.3 Å². The zero-order chi connectivity index (χ0) is 14.2. The summed E-state index contributed by atoms with van der Waals surface area (Å²) >= 11 is 6.11. The van der Waals surface area contributed by atoms with Crippen LogP contribution < -0.4 is 0 Å². The normalized spacial score (nSPS) is 12.3. The second-order valence-electron chi connectivity index (χ2n) is 4.14. The van der Waals surface area contributed by atoms with Gasteiger partial charge in [-0.15, -0.1) is 22.7 Å². The molecule has 0 bridgehead atoms. The van der Waals surface area contributed by atoms with Crippen molar-refractivity contribution in [3.05, 3.63) is 31.5 Å². The highest BCUT2D eigenvalue weighted by atomic mass is 79.9. The lowest BCUT2D eigenvalue weighted by Crippen LogP contribution is -2.26. The molecule has 0 amide bonds. The van der Waals surface area contributed by atoms with Crippen molar-refractivity contribution in [3.63, 3.8) is 0 Å². The van der Waals surface area contributed by atoms with E-state index >= 15 is 0 Å². The fourth-order valence-corrected chi connectivity index (χ4v) is 5.69. The van der Waals surface area contributed by atoms with Gasteiger partial charge in [0.05, 0.1) is 21.0 Å². The molecule has 2 aromatic rings. The van der Waals surface area contributed by atoms with E-state index in [1.54, 1.807) is 13.1 Å². The van der Waals surface area contributed by atoms with E-state index in [1.165, 1.54) is 27.0 Å². The Labute approximate surface area is 129 Å². The smallest absolute Gasteiger partial charge is 0.245 e. The second-order valence-corrected chi connectivity index (χ2v) is 9.85. The number of halogens is 1. The van der Waals surface area contributed by atoms with Crippen molar-refractivity contribution in [2.24, 2.45) is 0 Å². The third-order valence-corrected chi connectivity index (χ3v) is 7.76. The largest absolute Gasteiger partial charge is 0.252 e. The summed E-state index contributed by atoms with van der Waals surface area (Å²) in [6.07, 6.45) is 0. The van der Waals surface area contributed by atoms with E-state index in [1.807, 2.05) is 19.2 Å². The van der Waals surface area contributed by atoms with Gasteiger partial charge in [-0.05, 0) is 41.4 Å². The third kappa shape index (κ3) is 3.25. The maximum Gasteiger partial charge on any atom is 0.252 e. The van der Waals surface area contributed by atoms with Crippen LogP contribution in [0, 0.1) is 13.8 Å². The molecule has 0 unspecified atom stereocenters. The Morgan fingerprint density at radius 3 is 2.58 bits per heavy atom. The van der Waals surface area contributed by atoms with Crippen LogP contribution in [0.15, 0.2) is 19.4 Å². The minimum absolute atomic E-state index is 0.293. The maximum atomic E-state index is 12.4. The summed E-state index contributed by atoms with van der Waals surface area (Å²) in [6.45, 7) is 4.08. The number of aryl methyl sites for hydroxylation is 2. The van der Waals surface area contributed by atoms with Crippen molar-refractivity contribution < 1.29 is 8.42 Å². The molecule has 0 aromatic carbocycles. The molecule has 0 atom stereocenters. The van der Waals surface area contributed by atoms with Crippen LogP contribution in [0.2, 0.25) is 0 Å². The standard InChI is InChI=1S/C11H13BrN2O2S3/c1-7-4-10(18-11(7)12)19(15,16)14(3)5-9-6-17-8(2)13-9/h4,6H,5H2,1-3H3. The van der Waals surface area contributed by atoms with Gasteiger partial charge in [0.2, 0.25) is 0 Å². The number of sulfonamides is 1. The monoisotopic (exact) mass is 380 g/mol. The zero-order valence-corrected chi connectivity index (χ0v) is 14.7. The van der Waals surface area contributed by atoms with Gasteiger partial charge in [-0.25, -0.2) is 13.4 Å². The first-order valence-electron chi connectivity index (χ1n) is 5.44. The first-order valence-corrected chi connectivity index (χ1v) is 9.37. The summed E-state index contributed by atoms with van der Waals surface area (Å²) in [5.41, 5.74) is 1.71. The molecule has 2 aromatic heterocycles. The molecule has 0 fully saturated rings. The maximum absolute atomic E-state index is 12.4. The predicted octanol–water partition coefficient (Wildman–Crippen LogP) is 3.40. The number of aromatic nitrogens is 1. The molecule has 104 valence electrons. The number of nitrogens with zero attached hydrogens (tertiary/aromatic N) is 2. The molecule has 0 aliphatic heterocycles. The van der Waals surface area contributed by atoms with Crippen LogP contribution in [0.3, 0.4) is 0 Å². The fourth-order valence-electron chi connectivity index (χ4n) is 1.51. The van der Waals surface area contributed by atoms with E-state index in [0.717, 1.165) is 20.1 Å². The lowest BCUT2D eigenvalue weighted by atomic mass is 10.4. The lowest BCUT2D eigenvalue weighted by Gasteiger charge is -2.14. The van der Waals surface area contributed by atoms with Gasteiger partial charge in [0, 0.05) is 12.4 Å². The molecule has 2 heterocycles. The van der Waals surface area contributed by atoms with E-state index in [9.17, 15) is 8.42 Å². The predicted molar refractivity (Wildman–Crippen MR) is 82.3 cm³/mol. The van der Waals surface area contributed by atoms with Crippen LogP contribution in [0.4, 0.5) is 0 Å². The van der Waals surface area contributed by atoms with Crippen LogP contribution in [0.25, 0.3) is 0 Å². The van der Waals surface area contributed by atoms with Gasteiger partial charge in [-0.3, -0.25) is 0 Å². The Bertz CT molecular complexity index is 671. The third-order valence-electron chi connectivity index (χ3n) is 2.55. The summed E-state index contributed by atoms with van der Waals surface area (Å²) < 4.78 is 27.3. The summed E-state index contributed by atoms with van der Waals surface area (Å²) in [6, 6.07) is 1.69. The molecular formula is C11H13BrN2O2S3. The number of thiazole rings is 1. The Morgan fingerprint density at radius 2 is 2.11 bits per heavy atom. The average Bonchev–Trinajstić information content (AvgIpc) is 2.87. The van der Waals surface area contributed by atoms with Crippen LogP contribution in [0.1, 0.15) is 16.3 Å². The highest BCUT2D eigenvalue weighted by molar-refractivity contribution is 9.11. The quantitative estimate of drug-likeness (QED) is 0.816. The van der Waals surface area contributed by atoms with Crippen molar-refractivity contribution in [1.29, 1.82) is 0 Å². The zero-order valence-electron chi connectivity index (χ0n) is 10.7. The molecule has 8 heteroatoms. The summed E-state index contributed by atoms with van der Waals surface area (Å²) in [5.74, 6) is 0. The van der Waals surface area contributed by atoms with Crippen molar-refractivity contribution in [2.45, 2.75) is 24.6 Å². The van der Waals surface area contributed by atoms with Crippen molar-refractivity contribution in [1.82, 2.24) is 9.29 Å². The molecule has 0 N–H and O–H groups in total. The number of rotatable bonds is 4. The van der Waals surface area contributed by atoms with Crippen LogP contribution in [0.5, 0.6) is 0 Å². The molecule has 0 aliphatic rings. The molecule has 4 nitrogen and oxygen atoms in total. The van der Waals surface area contributed by atoms with Gasteiger partial charge in [0.1, 0.15) is 4.21 Å². The van der Waals surface area contributed by atoms with E-state index in [-0.39, 0.29) is 0 Å². The average molecular weight is 381 g/mol. The Kier molecular flexibility index (Phi) is 4.46. The van der Waals surface area contributed by atoms with Crippen molar-refractivity contribution in [3.8, 4) is 0 Å². The number of hydrogen-bond donors (Lipinski definition) is 0. The van der Waals surface area contributed by atoms with Gasteiger partial charge < -0.3 is 0 Å². The Morgan fingerprint density at radius 1 is 1.42 bits per heavy atom. The molecule has 19 heavy (non-hydrogen) atoms. The summed E-state index contributed by atoms with van der Waals surface area (Å²) in [7, 11) is -1.87. The minimum Gasteiger partial charge on any atom is -0.245 e. The first-order chi connectivity index (χ1) is 8.80. The van der Waals surface area contributed by atoms with Gasteiger partial charge in [-0.1, -0.05) is 0 Å². The van der Waals surface area contributed by atoms with Crippen LogP contribution >= 0.6 is 38.6 Å². The second kappa shape index (κ2) is 5.61. The summed E-state index contributed by atoms with van der Waals surface area (Å²) in [5, 5.41) is 2.83. The van der Waals surface area contributed by atoms with Gasteiger partial charge in [0.25, 0.3) is 10.0 Å². The summed E-state index contributed by atoms with van der Waals surface area (Å²) in [4.78, 5) is 4.29. The van der Waals surface area contributed by atoms with Gasteiger partial charge in [-0.2, -0.15) is 4.31 Å². The van der Waals surface area contributed by atoms with E-state index in [4.69, 9.17) is 0 Å². The Hall–Kier alpha value is -0.280. The highest BCUT2D eigenvalue weighted by Crippen LogP contribution is 2.32. The SMILES string of the molecule is Cc1nc(CN(C)S(=O)(=O)c2cc(C)c(Br)s2)cs1. The van der Waals surface area contributed by atoms with Gasteiger partial charge >= 0.3 is 0 Å². The fraction of sp³-hybridized carbons (Fsp3) is 0.364. The number of thiophene rings is 1. The van der Waals surface area contributed by atoms with Crippen LogP contribution in [-0.4, -0.2) is 24.8 Å². The van der Waals surface area contributed by atoms with Crippen molar-refractivity contribution >= 4 is 48.6 Å². The molecular weight excluding hydrogens is 368 g/mol. The van der Waals surface area contributed by atoms with E-state index < -0.39 is 10.0 Å². The van der Waals surface area contributed by atoms with E-state index in [0.29, 0.717) is 10.8 Å².